The van der Waals surface area contributed by atoms with Crippen LogP contribution in [-0.4, -0.2) is 45.2 Å². The summed E-state index contributed by atoms with van der Waals surface area (Å²) >= 11 is 0. The summed E-state index contributed by atoms with van der Waals surface area (Å²) < 4.78 is 4.50. The summed E-state index contributed by atoms with van der Waals surface area (Å²) in [6.45, 7) is -0.386. The highest BCUT2D eigenvalue weighted by atomic mass is 16.4. The van der Waals surface area contributed by atoms with Crippen molar-refractivity contribution in [1.82, 2.24) is 10.3 Å². The van der Waals surface area contributed by atoms with Gasteiger partial charge in [0.2, 0.25) is 0 Å². The van der Waals surface area contributed by atoms with Gasteiger partial charge in [-0.05, 0) is 0 Å². The molecule has 1 aliphatic heterocycles. The first-order chi connectivity index (χ1) is 8.04. The molecule has 1 aromatic heterocycles. The Kier molecular flexibility index (Phi) is 3.11. The zero-order valence-electron chi connectivity index (χ0n) is 8.66. The molecule has 0 amide bonds. The van der Waals surface area contributed by atoms with E-state index in [1.807, 2.05) is 4.98 Å². The summed E-state index contributed by atoms with van der Waals surface area (Å²) in [5, 5.41) is 30.9. The largest absolute Gasteiger partial charge is 0.419 e. The van der Waals surface area contributed by atoms with Crippen LogP contribution < -0.4 is 16.6 Å². The normalized spacial score (nSPS) is 32.9. The van der Waals surface area contributed by atoms with E-state index in [2.05, 4.69) is 9.73 Å². The van der Waals surface area contributed by atoms with Crippen molar-refractivity contribution in [2.24, 2.45) is 0 Å². The number of aliphatic hydroxyl groups is 3. The Balaban J connectivity index is 2.35. The predicted octanol–water partition coefficient (Wildman–Crippen LogP) is -2.94. The van der Waals surface area contributed by atoms with Gasteiger partial charge in [-0.25, -0.2) is 4.79 Å². The Morgan fingerprint density at radius 3 is 2.53 bits per heavy atom. The molecule has 5 N–H and O–H groups in total. The molecule has 8 heteroatoms. The maximum absolute atomic E-state index is 11.5. The third-order valence-electron chi connectivity index (χ3n) is 2.80. The van der Waals surface area contributed by atoms with Crippen molar-refractivity contribution in [3.63, 3.8) is 0 Å². The first-order valence-electron chi connectivity index (χ1n) is 4.99. The molecule has 1 saturated heterocycles. The fourth-order valence-corrected chi connectivity index (χ4v) is 1.88. The molecule has 17 heavy (non-hydrogen) atoms. The van der Waals surface area contributed by atoms with Crippen LogP contribution in [0.2, 0.25) is 0 Å². The van der Waals surface area contributed by atoms with Gasteiger partial charge in [-0.2, -0.15) is 0 Å². The van der Waals surface area contributed by atoms with E-state index in [1.54, 1.807) is 0 Å². The minimum atomic E-state index is -1.26. The Labute approximate surface area is 94.5 Å². The Hall–Kier alpha value is -1.48. The second-order valence-electron chi connectivity index (χ2n) is 3.85. The van der Waals surface area contributed by atoms with Crippen LogP contribution in [0.5, 0.6) is 0 Å². The van der Waals surface area contributed by atoms with Crippen LogP contribution in [0.25, 0.3) is 0 Å². The molecule has 0 aromatic carbocycles. The van der Waals surface area contributed by atoms with Gasteiger partial charge in [-0.1, -0.05) is 0 Å². The van der Waals surface area contributed by atoms with Crippen molar-refractivity contribution in [3.8, 4) is 0 Å². The van der Waals surface area contributed by atoms with E-state index in [1.165, 1.54) is 0 Å². The fourth-order valence-electron chi connectivity index (χ4n) is 1.88. The first-order valence-corrected chi connectivity index (χ1v) is 4.99. The highest BCUT2D eigenvalue weighted by Gasteiger charge is 2.42. The summed E-state index contributed by atoms with van der Waals surface area (Å²) in [7, 11) is 0. The molecule has 0 bridgehead atoms. The molecule has 0 aliphatic carbocycles. The molecule has 94 valence electrons. The first kappa shape index (κ1) is 12.0. The maximum atomic E-state index is 11.5. The van der Waals surface area contributed by atoms with Crippen molar-refractivity contribution in [2.45, 2.75) is 24.3 Å². The number of hydrogen-bond donors (Lipinski definition) is 5. The molecule has 1 aliphatic rings. The molecule has 0 radical (unpaired) electrons. The number of aromatic nitrogens is 1. The predicted molar refractivity (Wildman–Crippen MR) is 54.4 cm³/mol. The van der Waals surface area contributed by atoms with Gasteiger partial charge in [0, 0.05) is 0 Å². The topological polar surface area (TPSA) is 136 Å². The minimum absolute atomic E-state index is 0.00731. The molecular weight excluding hydrogens is 232 g/mol. The third-order valence-corrected chi connectivity index (χ3v) is 2.80. The van der Waals surface area contributed by atoms with Gasteiger partial charge in [0.05, 0.1) is 30.4 Å². The number of rotatable bonds is 2. The second-order valence-corrected chi connectivity index (χ2v) is 3.85. The maximum Gasteiger partial charge on any atom is 0.419 e. The van der Waals surface area contributed by atoms with Gasteiger partial charge in [0.1, 0.15) is 12.4 Å². The van der Waals surface area contributed by atoms with Crippen molar-refractivity contribution in [3.05, 3.63) is 32.7 Å². The van der Waals surface area contributed by atoms with Crippen LogP contribution in [-0.2, 0) is 0 Å². The quantitative estimate of drug-likeness (QED) is 0.375. The van der Waals surface area contributed by atoms with Crippen molar-refractivity contribution < 1.29 is 19.7 Å². The van der Waals surface area contributed by atoms with Gasteiger partial charge in [0.25, 0.3) is 5.56 Å². The number of aliphatic hydroxyl groups excluding tert-OH is 3. The van der Waals surface area contributed by atoms with Crippen LogP contribution in [0.15, 0.2) is 20.3 Å². The fraction of sp³-hybridized carbons (Fsp3) is 0.556. The standard InChI is InChI=1S/C9H12N2O6/c12-1-4-6(13)7(14)5(10-4)3-2-17-9(16)11-8(3)15/h2,4-7,10,12-14H,1H2,(H,11,15,16)/t4-,5+,6-,7+/m1/s1. The lowest BCUT2D eigenvalue weighted by atomic mass is 10.0. The SMILES string of the molecule is O=c1[nH]c(=O)c([C@@H]2N[C@H](CO)[C@@H](O)[C@H]2O)co1. The number of hydrogen-bond acceptors (Lipinski definition) is 7. The van der Waals surface area contributed by atoms with E-state index in [4.69, 9.17) is 5.11 Å². The highest BCUT2D eigenvalue weighted by Crippen LogP contribution is 2.24. The minimum Gasteiger partial charge on any atom is -0.417 e. The van der Waals surface area contributed by atoms with E-state index in [0.29, 0.717) is 0 Å². The lowest BCUT2D eigenvalue weighted by molar-refractivity contribution is 0.0191. The Morgan fingerprint density at radius 1 is 1.29 bits per heavy atom. The summed E-state index contributed by atoms with van der Waals surface area (Å²) in [6, 6.07) is -1.63. The van der Waals surface area contributed by atoms with Gasteiger partial charge in [-0.3, -0.25) is 15.1 Å². The lowest BCUT2D eigenvalue weighted by Gasteiger charge is -2.14. The second kappa shape index (κ2) is 4.41. The number of aromatic amines is 1. The number of H-pyrrole nitrogens is 1. The molecule has 2 heterocycles. The monoisotopic (exact) mass is 244 g/mol. The molecule has 0 unspecified atom stereocenters. The Bertz CT molecular complexity index is 509. The molecule has 0 spiro atoms. The zero-order valence-corrected chi connectivity index (χ0v) is 8.66. The summed E-state index contributed by atoms with van der Waals surface area (Å²) in [5.41, 5.74) is -0.712. The molecule has 1 aromatic rings. The van der Waals surface area contributed by atoms with Gasteiger partial charge >= 0.3 is 5.76 Å². The van der Waals surface area contributed by atoms with E-state index < -0.39 is 35.6 Å². The molecule has 8 nitrogen and oxygen atoms in total. The van der Waals surface area contributed by atoms with Crippen molar-refractivity contribution in [2.75, 3.05) is 6.61 Å². The molecule has 0 saturated carbocycles. The van der Waals surface area contributed by atoms with E-state index >= 15 is 0 Å². The van der Waals surface area contributed by atoms with E-state index in [0.717, 1.165) is 6.26 Å². The van der Waals surface area contributed by atoms with E-state index in [9.17, 15) is 19.8 Å². The van der Waals surface area contributed by atoms with Crippen molar-refractivity contribution >= 4 is 0 Å². The van der Waals surface area contributed by atoms with Crippen LogP contribution in [0.1, 0.15) is 11.6 Å². The summed E-state index contributed by atoms with van der Waals surface area (Å²) in [4.78, 5) is 24.1. The molecule has 2 rings (SSSR count). The van der Waals surface area contributed by atoms with Crippen LogP contribution in [0, 0.1) is 0 Å². The van der Waals surface area contributed by atoms with E-state index in [-0.39, 0.29) is 12.2 Å². The third kappa shape index (κ3) is 2.03. The average molecular weight is 244 g/mol. The van der Waals surface area contributed by atoms with Crippen LogP contribution >= 0.6 is 0 Å². The van der Waals surface area contributed by atoms with Gasteiger partial charge in [0.15, 0.2) is 0 Å². The average Bonchev–Trinajstić information content (AvgIpc) is 2.57. The molecular formula is C9H12N2O6. The lowest BCUT2D eigenvalue weighted by Crippen LogP contribution is -2.36. The van der Waals surface area contributed by atoms with Crippen LogP contribution in [0.4, 0.5) is 0 Å². The molecule has 1 fully saturated rings. The summed E-state index contributed by atoms with van der Waals surface area (Å²) in [5.74, 6) is -0.898. The Morgan fingerprint density at radius 2 is 2.00 bits per heavy atom. The molecule has 4 atom stereocenters. The van der Waals surface area contributed by atoms with Gasteiger partial charge < -0.3 is 19.7 Å². The smallest absolute Gasteiger partial charge is 0.417 e. The highest BCUT2D eigenvalue weighted by molar-refractivity contribution is 5.16. The zero-order chi connectivity index (χ0) is 12.6. The van der Waals surface area contributed by atoms with Crippen LogP contribution in [0.3, 0.4) is 0 Å². The van der Waals surface area contributed by atoms with Crippen molar-refractivity contribution in [1.29, 1.82) is 0 Å². The van der Waals surface area contributed by atoms with Gasteiger partial charge in [-0.15, -0.1) is 0 Å². The number of nitrogens with one attached hydrogen (secondary N) is 2. The summed E-state index contributed by atoms with van der Waals surface area (Å²) in [6.07, 6.45) is -1.54.